The fourth-order valence-corrected chi connectivity index (χ4v) is 3.66. The number of nitrogens with zero attached hydrogens (tertiary/aromatic N) is 1. The SMILES string of the molecule is O=C(O)CCCN1C(=O)C(=Cc2ccccc2I)SC1=S. The van der Waals surface area contributed by atoms with Gasteiger partial charge in [-0.1, -0.05) is 42.2 Å². The maximum absolute atomic E-state index is 12.3. The van der Waals surface area contributed by atoms with E-state index in [0.717, 1.165) is 9.13 Å². The van der Waals surface area contributed by atoms with Crippen LogP contribution in [-0.4, -0.2) is 32.7 Å². The van der Waals surface area contributed by atoms with Crippen LogP contribution >= 0.6 is 46.6 Å². The molecule has 1 saturated heterocycles. The number of halogens is 1. The number of carbonyl (C=O) groups excluding carboxylic acids is 1. The van der Waals surface area contributed by atoms with Crippen LogP contribution in [0.1, 0.15) is 18.4 Å². The molecule has 2 rings (SSSR count). The number of hydrogen-bond acceptors (Lipinski definition) is 4. The number of carboxylic acid groups (broad SMARTS) is 1. The van der Waals surface area contributed by atoms with E-state index in [2.05, 4.69) is 22.6 Å². The van der Waals surface area contributed by atoms with Crippen LogP contribution in [0.3, 0.4) is 0 Å². The van der Waals surface area contributed by atoms with Gasteiger partial charge in [-0.25, -0.2) is 0 Å². The van der Waals surface area contributed by atoms with E-state index in [1.807, 2.05) is 30.3 Å². The van der Waals surface area contributed by atoms with Crippen LogP contribution < -0.4 is 0 Å². The number of thiocarbonyl (C=S) groups is 1. The second-order valence-corrected chi connectivity index (χ2v) is 7.19. The molecule has 1 aliphatic heterocycles. The summed E-state index contributed by atoms with van der Waals surface area (Å²) in [5, 5.41) is 8.64. The Bertz CT molecular complexity index is 630. The van der Waals surface area contributed by atoms with Crippen molar-refractivity contribution in [3.05, 3.63) is 38.3 Å². The Hall–Kier alpha value is -0.930. The van der Waals surface area contributed by atoms with Gasteiger partial charge in [0.15, 0.2) is 0 Å². The summed E-state index contributed by atoms with van der Waals surface area (Å²) in [5.74, 6) is -1.01. The third-order valence-corrected chi connectivity index (χ3v) is 5.20. The fraction of sp³-hybridized carbons (Fsp3) is 0.214. The molecular weight excluding hydrogens is 421 g/mol. The second kappa shape index (κ2) is 7.37. The Labute approximate surface area is 145 Å². The second-order valence-electron chi connectivity index (χ2n) is 4.35. The molecule has 0 radical (unpaired) electrons. The predicted molar refractivity (Wildman–Crippen MR) is 95.9 cm³/mol. The minimum absolute atomic E-state index is 0.0344. The van der Waals surface area contributed by atoms with E-state index in [1.165, 1.54) is 16.7 Å². The number of aliphatic carboxylic acids is 1. The van der Waals surface area contributed by atoms with Crippen LogP contribution in [-0.2, 0) is 9.59 Å². The standard InChI is InChI=1S/C14H12INO3S2/c15-10-5-2-1-4-9(10)8-11-13(19)16(14(20)21-11)7-3-6-12(17)18/h1-2,4-5,8H,3,6-7H2,(H,17,18). The van der Waals surface area contributed by atoms with Crippen molar-refractivity contribution in [1.29, 1.82) is 0 Å². The maximum atomic E-state index is 12.3. The maximum Gasteiger partial charge on any atom is 0.303 e. The molecule has 21 heavy (non-hydrogen) atoms. The van der Waals surface area contributed by atoms with Crippen LogP contribution in [0.15, 0.2) is 29.2 Å². The first-order chi connectivity index (χ1) is 9.99. The molecule has 7 heteroatoms. The average Bonchev–Trinajstić information content (AvgIpc) is 2.68. The summed E-state index contributed by atoms with van der Waals surface area (Å²) in [5.41, 5.74) is 0.976. The number of thioether (sulfide) groups is 1. The lowest BCUT2D eigenvalue weighted by Crippen LogP contribution is -2.29. The molecule has 0 bridgehead atoms. The van der Waals surface area contributed by atoms with E-state index in [-0.39, 0.29) is 12.3 Å². The van der Waals surface area contributed by atoms with Crippen molar-refractivity contribution < 1.29 is 14.7 Å². The molecule has 0 spiro atoms. The quantitative estimate of drug-likeness (QED) is 0.439. The Morgan fingerprint density at radius 3 is 2.81 bits per heavy atom. The normalized spacial score (nSPS) is 16.8. The molecule has 1 amide bonds. The monoisotopic (exact) mass is 433 g/mol. The van der Waals surface area contributed by atoms with Gasteiger partial charge in [0.05, 0.1) is 4.91 Å². The van der Waals surface area contributed by atoms with Gasteiger partial charge in [0, 0.05) is 16.5 Å². The van der Waals surface area contributed by atoms with Crippen molar-refractivity contribution in [2.75, 3.05) is 6.54 Å². The van der Waals surface area contributed by atoms with E-state index in [0.29, 0.717) is 22.2 Å². The molecule has 1 aromatic carbocycles. The molecule has 1 aliphatic rings. The van der Waals surface area contributed by atoms with Crippen molar-refractivity contribution in [3.8, 4) is 0 Å². The molecule has 110 valence electrons. The number of benzene rings is 1. The molecule has 0 unspecified atom stereocenters. The minimum Gasteiger partial charge on any atom is -0.481 e. The lowest BCUT2D eigenvalue weighted by atomic mass is 10.2. The van der Waals surface area contributed by atoms with E-state index in [9.17, 15) is 9.59 Å². The third kappa shape index (κ3) is 4.27. The predicted octanol–water partition coefficient (Wildman–Crippen LogP) is 3.36. The Morgan fingerprint density at radius 1 is 1.43 bits per heavy atom. The Kier molecular flexibility index (Phi) is 5.77. The molecule has 1 aromatic rings. The Morgan fingerprint density at radius 2 is 2.14 bits per heavy atom. The molecule has 1 N–H and O–H groups in total. The summed E-state index contributed by atoms with van der Waals surface area (Å²) in [6.07, 6.45) is 2.27. The molecule has 0 aromatic heterocycles. The highest BCUT2D eigenvalue weighted by molar-refractivity contribution is 14.1. The lowest BCUT2D eigenvalue weighted by Gasteiger charge is -2.13. The molecular formula is C14H12INO3S2. The molecule has 0 atom stereocenters. The number of carboxylic acids is 1. The van der Waals surface area contributed by atoms with Gasteiger partial charge in [0.2, 0.25) is 0 Å². The van der Waals surface area contributed by atoms with Gasteiger partial charge >= 0.3 is 5.97 Å². The molecule has 0 aliphatic carbocycles. The largest absolute Gasteiger partial charge is 0.481 e. The summed E-state index contributed by atoms with van der Waals surface area (Å²) in [4.78, 5) is 24.9. The molecule has 1 heterocycles. The summed E-state index contributed by atoms with van der Waals surface area (Å²) in [7, 11) is 0. The van der Waals surface area contributed by atoms with Crippen molar-refractivity contribution in [3.63, 3.8) is 0 Å². The van der Waals surface area contributed by atoms with Crippen molar-refractivity contribution in [2.24, 2.45) is 0 Å². The fourth-order valence-electron chi connectivity index (χ4n) is 1.81. The zero-order chi connectivity index (χ0) is 15.4. The summed E-state index contributed by atoms with van der Waals surface area (Å²) in [6.45, 7) is 0.347. The zero-order valence-electron chi connectivity index (χ0n) is 10.9. The lowest BCUT2D eigenvalue weighted by molar-refractivity contribution is -0.137. The molecule has 1 fully saturated rings. The van der Waals surface area contributed by atoms with E-state index in [1.54, 1.807) is 0 Å². The first-order valence-corrected chi connectivity index (χ1v) is 8.51. The number of hydrogen-bond donors (Lipinski definition) is 1. The van der Waals surface area contributed by atoms with Crippen molar-refractivity contribution in [1.82, 2.24) is 4.90 Å². The highest BCUT2D eigenvalue weighted by atomic mass is 127. The van der Waals surface area contributed by atoms with Crippen LogP contribution in [0.4, 0.5) is 0 Å². The third-order valence-electron chi connectivity index (χ3n) is 2.84. The van der Waals surface area contributed by atoms with Crippen molar-refractivity contribution in [2.45, 2.75) is 12.8 Å². The van der Waals surface area contributed by atoms with Gasteiger partial charge in [-0.05, 0) is 46.7 Å². The molecule has 0 saturated carbocycles. The highest BCUT2D eigenvalue weighted by Crippen LogP contribution is 2.33. The summed E-state index contributed by atoms with van der Waals surface area (Å²) in [6, 6.07) is 7.77. The molecule has 4 nitrogen and oxygen atoms in total. The van der Waals surface area contributed by atoms with Crippen LogP contribution in [0.25, 0.3) is 6.08 Å². The first-order valence-electron chi connectivity index (χ1n) is 6.20. The van der Waals surface area contributed by atoms with Crippen LogP contribution in [0.2, 0.25) is 0 Å². The zero-order valence-corrected chi connectivity index (χ0v) is 14.7. The average molecular weight is 433 g/mol. The van der Waals surface area contributed by atoms with E-state index < -0.39 is 5.97 Å². The van der Waals surface area contributed by atoms with Gasteiger partial charge in [-0.2, -0.15) is 0 Å². The number of rotatable bonds is 5. The number of amides is 1. The van der Waals surface area contributed by atoms with Gasteiger partial charge in [-0.15, -0.1) is 0 Å². The van der Waals surface area contributed by atoms with E-state index in [4.69, 9.17) is 17.3 Å². The highest BCUT2D eigenvalue weighted by Gasteiger charge is 2.31. The van der Waals surface area contributed by atoms with Crippen LogP contribution in [0.5, 0.6) is 0 Å². The first kappa shape index (κ1) is 16.4. The topological polar surface area (TPSA) is 57.6 Å². The summed E-state index contributed by atoms with van der Waals surface area (Å²) >= 11 is 8.68. The van der Waals surface area contributed by atoms with Gasteiger partial charge in [-0.3, -0.25) is 14.5 Å². The Balaban J connectivity index is 2.11. The minimum atomic E-state index is -0.866. The van der Waals surface area contributed by atoms with Gasteiger partial charge in [0.1, 0.15) is 4.32 Å². The van der Waals surface area contributed by atoms with Gasteiger partial charge in [0.25, 0.3) is 5.91 Å². The van der Waals surface area contributed by atoms with Crippen molar-refractivity contribution >= 4 is 68.8 Å². The van der Waals surface area contributed by atoms with E-state index >= 15 is 0 Å². The summed E-state index contributed by atoms with van der Waals surface area (Å²) < 4.78 is 1.55. The van der Waals surface area contributed by atoms with Gasteiger partial charge < -0.3 is 5.11 Å². The smallest absolute Gasteiger partial charge is 0.303 e. The number of carbonyl (C=O) groups is 2. The van der Waals surface area contributed by atoms with Crippen LogP contribution in [0, 0.1) is 3.57 Å².